The normalized spacial score (nSPS) is 23.2. The standard InChI is InChI=1S/C21H27NO3/c1-24-19-12-6-5-8-16(19)14-15-22-18-11-7-13-20(21(18)23)25-17-9-3-2-4-10-17/h2-6,8-10,12,18,20-23H,7,11,13-15H2,1H3/t18-,20+,21+/m0/s1. The number of rotatable bonds is 7. The number of hydrogen-bond acceptors (Lipinski definition) is 4. The molecule has 3 atom stereocenters. The first kappa shape index (κ1) is 17.8. The highest BCUT2D eigenvalue weighted by molar-refractivity contribution is 5.33. The van der Waals surface area contributed by atoms with Crippen LogP contribution in [0.2, 0.25) is 0 Å². The Kier molecular flexibility index (Phi) is 6.31. The molecule has 4 nitrogen and oxygen atoms in total. The maximum absolute atomic E-state index is 10.7. The van der Waals surface area contributed by atoms with Gasteiger partial charge in [0.1, 0.15) is 23.7 Å². The molecule has 0 spiro atoms. The van der Waals surface area contributed by atoms with Crippen LogP contribution < -0.4 is 14.8 Å². The first-order valence-electron chi connectivity index (χ1n) is 9.03. The first-order chi connectivity index (χ1) is 12.3. The first-order valence-corrected chi connectivity index (χ1v) is 9.03. The van der Waals surface area contributed by atoms with Crippen molar-refractivity contribution >= 4 is 0 Å². The Morgan fingerprint density at radius 1 is 1.04 bits per heavy atom. The van der Waals surface area contributed by atoms with Gasteiger partial charge < -0.3 is 19.9 Å². The highest BCUT2D eigenvalue weighted by Crippen LogP contribution is 2.24. The Morgan fingerprint density at radius 3 is 2.60 bits per heavy atom. The van der Waals surface area contributed by atoms with E-state index in [9.17, 15) is 5.11 Å². The van der Waals surface area contributed by atoms with E-state index in [1.54, 1.807) is 7.11 Å². The number of aliphatic hydroxyl groups is 1. The molecule has 0 amide bonds. The number of benzene rings is 2. The Labute approximate surface area is 149 Å². The van der Waals surface area contributed by atoms with E-state index < -0.39 is 6.10 Å². The number of para-hydroxylation sites is 2. The lowest BCUT2D eigenvalue weighted by Gasteiger charge is -2.35. The highest BCUT2D eigenvalue weighted by Gasteiger charge is 2.32. The van der Waals surface area contributed by atoms with Crippen LogP contribution >= 0.6 is 0 Å². The van der Waals surface area contributed by atoms with Gasteiger partial charge in [-0.1, -0.05) is 36.4 Å². The number of ether oxygens (including phenoxy) is 2. The Bertz CT molecular complexity index is 647. The van der Waals surface area contributed by atoms with Gasteiger partial charge in [-0.05, 0) is 56.0 Å². The van der Waals surface area contributed by atoms with E-state index in [-0.39, 0.29) is 12.1 Å². The van der Waals surface area contributed by atoms with E-state index in [4.69, 9.17) is 9.47 Å². The number of nitrogens with one attached hydrogen (secondary N) is 1. The molecule has 0 aromatic heterocycles. The molecule has 1 aliphatic rings. The van der Waals surface area contributed by atoms with Crippen molar-refractivity contribution in [1.82, 2.24) is 5.32 Å². The lowest BCUT2D eigenvalue weighted by molar-refractivity contribution is -0.0151. The number of hydrogen-bond donors (Lipinski definition) is 2. The summed E-state index contributed by atoms with van der Waals surface area (Å²) in [4.78, 5) is 0. The van der Waals surface area contributed by atoms with Gasteiger partial charge in [0.25, 0.3) is 0 Å². The minimum atomic E-state index is -0.494. The minimum absolute atomic E-state index is 0.0668. The van der Waals surface area contributed by atoms with Gasteiger partial charge in [-0.15, -0.1) is 0 Å². The maximum atomic E-state index is 10.7. The van der Waals surface area contributed by atoms with Crippen LogP contribution in [0.3, 0.4) is 0 Å². The minimum Gasteiger partial charge on any atom is -0.496 e. The predicted octanol–water partition coefficient (Wildman–Crippen LogP) is 3.19. The fourth-order valence-electron chi connectivity index (χ4n) is 3.47. The zero-order chi connectivity index (χ0) is 17.5. The molecule has 25 heavy (non-hydrogen) atoms. The second kappa shape index (κ2) is 8.88. The summed E-state index contributed by atoms with van der Waals surface area (Å²) in [6, 6.07) is 17.9. The van der Waals surface area contributed by atoms with Crippen molar-refractivity contribution < 1.29 is 14.6 Å². The molecule has 2 aromatic rings. The molecule has 0 aliphatic heterocycles. The van der Waals surface area contributed by atoms with Gasteiger partial charge in [-0.2, -0.15) is 0 Å². The van der Waals surface area contributed by atoms with Crippen molar-refractivity contribution in [1.29, 1.82) is 0 Å². The Morgan fingerprint density at radius 2 is 1.80 bits per heavy atom. The monoisotopic (exact) mass is 341 g/mol. The third-order valence-electron chi connectivity index (χ3n) is 4.82. The zero-order valence-electron chi connectivity index (χ0n) is 14.7. The summed E-state index contributed by atoms with van der Waals surface area (Å²) in [5.41, 5.74) is 1.18. The van der Waals surface area contributed by atoms with Crippen LogP contribution in [0.1, 0.15) is 24.8 Å². The zero-order valence-corrected chi connectivity index (χ0v) is 14.7. The summed E-state index contributed by atoms with van der Waals surface area (Å²) in [6.45, 7) is 0.806. The third kappa shape index (κ3) is 4.74. The molecule has 0 radical (unpaired) electrons. The summed E-state index contributed by atoms with van der Waals surface area (Å²) in [5, 5.41) is 14.2. The van der Waals surface area contributed by atoms with Crippen LogP contribution in [0.5, 0.6) is 11.5 Å². The smallest absolute Gasteiger partial charge is 0.126 e. The predicted molar refractivity (Wildman–Crippen MR) is 99.2 cm³/mol. The van der Waals surface area contributed by atoms with E-state index in [0.29, 0.717) is 0 Å². The average Bonchev–Trinajstić information content (AvgIpc) is 2.66. The molecule has 4 heteroatoms. The van der Waals surface area contributed by atoms with E-state index in [2.05, 4.69) is 11.4 Å². The van der Waals surface area contributed by atoms with Crippen LogP contribution in [-0.2, 0) is 6.42 Å². The molecule has 134 valence electrons. The van der Waals surface area contributed by atoms with Gasteiger partial charge in [0, 0.05) is 6.04 Å². The molecule has 0 saturated heterocycles. The highest BCUT2D eigenvalue weighted by atomic mass is 16.5. The molecule has 0 unspecified atom stereocenters. The topological polar surface area (TPSA) is 50.7 Å². The van der Waals surface area contributed by atoms with Gasteiger partial charge in [-0.3, -0.25) is 0 Å². The third-order valence-corrected chi connectivity index (χ3v) is 4.82. The fraction of sp³-hybridized carbons (Fsp3) is 0.429. The molecular formula is C21H27NO3. The van der Waals surface area contributed by atoms with Crippen LogP contribution in [0, 0.1) is 0 Å². The summed E-state index contributed by atoms with van der Waals surface area (Å²) in [5.74, 6) is 1.74. The van der Waals surface area contributed by atoms with Gasteiger partial charge >= 0.3 is 0 Å². The van der Waals surface area contributed by atoms with Crippen molar-refractivity contribution in [3.05, 3.63) is 60.2 Å². The Balaban J connectivity index is 1.52. The summed E-state index contributed by atoms with van der Waals surface area (Å²) in [6.07, 6.45) is 3.15. The van der Waals surface area contributed by atoms with E-state index in [1.165, 1.54) is 5.56 Å². The second-order valence-corrected chi connectivity index (χ2v) is 6.51. The molecule has 2 aromatic carbocycles. The van der Waals surface area contributed by atoms with Crippen LogP contribution in [0.4, 0.5) is 0 Å². The molecule has 1 aliphatic carbocycles. The van der Waals surface area contributed by atoms with E-state index in [0.717, 1.165) is 43.7 Å². The summed E-state index contributed by atoms with van der Waals surface area (Å²) < 4.78 is 11.4. The quantitative estimate of drug-likeness (QED) is 0.812. The molecule has 0 heterocycles. The van der Waals surface area contributed by atoms with Crippen LogP contribution in [-0.4, -0.2) is 37.0 Å². The largest absolute Gasteiger partial charge is 0.496 e. The van der Waals surface area contributed by atoms with Crippen molar-refractivity contribution in [2.24, 2.45) is 0 Å². The molecular weight excluding hydrogens is 314 g/mol. The van der Waals surface area contributed by atoms with Crippen molar-refractivity contribution in [3.63, 3.8) is 0 Å². The summed E-state index contributed by atoms with van der Waals surface area (Å²) in [7, 11) is 1.70. The second-order valence-electron chi connectivity index (χ2n) is 6.51. The van der Waals surface area contributed by atoms with Gasteiger partial charge in [-0.25, -0.2) is 0 Å². The van der Waals surface area contributed by atoms with E-state index >= 15 is 0 Å². The molecule has 1 saturated carbocycles. The molecule has 1 fully saturated rings. The lowest BCUT2D eigenvalue weighted by atomic mass is 9.89. The summed E-state index contributed by atoms with van der Waals surface area (Å²) >= 11 is 0. The molecule has 3 rings (SSSR count). The fourth-order valence-corrected chi connectivity index (χ4v) is 3.47. The van der Waals surface area contributed by atoms with Crippen molar-refractivity contribution in [3.8, 4) is 11.5 Å². The molecule has 2 N–H and O–H groups in total. The number of methoxy groups -OCH3 is 1. The van der Waals surface area contributed by atoms with E-state index in [1.807, 2.05) is 48.5 Å². The van der Waals surface area contributed by atoms with Gasteiger partial charge in [0.05, 0.1) is 7.11 Å². The average molecular weight is 341 g/mol. The SMILES string of the molecule is COc1ccccc1CCN[C@H]1CCC[C@@H](Oc2ccccc2)[C@@H]1O. The van der Waals surface area contributed by atoms with Gasteiger partial charge in [0.15, 0.2) is 0 Å². The lowest BCUT2D eigenvalue weighted by Crippen LogP contribution is -2.51. The number of aliphatic hydroxyl groups excluding tert-OH is 1. The molecule has 0 bridgehead atoms. The maximum Gasteiger partial charge on any atom is 0.126 e. The van der Waals surface area contributed by atoms with Crippen LogP contribution in [0.25, 0.3) is 0 Å². The van der Waals surface area contributed by atoms with Crippen molar-refractivity contribution in [2.75, 3.05) is 13.7 Å². The van der Waals surface area contributed by atoms with Crippen LogP contribution in [0.15, 0.2) is 54.6 Å². The van der Waals surface area contributed by atoms with Crippen molar-refractivity contribution in [2.45, 2.75) is 43.9 Å². The van der Waals surface area contributed by atoms with Gasteiger partial charge in [0.2, 0.25) is 0 Å². The Hall–Kier alpha value is -2.04.